The molecule has 0 radical (unpaired) electrons. The number of hydrogen-bond donors (Lipinski definition) is 0. The minimum atomic E-state index is -0.830. The molecule has 3 fully saturated rings. The monoisotopic (exact) mass is 263 g/mol. The average molecular weight is 263 g/mol. The van der Waals surface area contributed by atoms with Crippen LogP contribution < -0.4 is 5.11 Å². The maximum atomic E-state index is 11.5. The van der Waals surface area contributed by atoms with Gasteiger partial charge in [0.1, 0.15) is 0 Å². The molecule has 0 unspecified atom stereocenters. The van der Waals surface area contributed by atoms with Crippen LogP contribution in [0.15, 0.2) is 0 Å². The van der Waals surface area contributed by atoms with Gasteiger partial charge in [-0.25, -0.2) is 0 Å². The van der Waals surface area contributed by atoms with Crippen molar-refractivity contribution >= 4 is 5.97 Å². The predicted octanol–water partition coefficient (Wildman–Crippen LogP) is 3.15. The Balaban J connectivity index is 2.19. The van der Waals surface area contributed by atoms with Crippen LogP contribution in [0.4, 0.5) is 0 Å². The highest BCUT2D eigenvalue weighted by molar-refractivity contribution is 5.66. The van der Waals surface area contributed by atoms with Crippen LogP contribution in [0.5, 0.6) is 0 Å². The number of aliphatic carboxylic acids is 1. The normalized spacial score (nSPS) is 51.1. The summed E-state index contributed by atoms with van der Waals surface area (Å²) < 4.78 is 0. The standard InChI is InChI=1S/C17H28O2/c1-14(2)11-16(4)8-5-7-15(3)9-6-12(14)17(15,16)10-13(18)19/h12H,5-11H2,1-4H3,(H,18,19)/p-1/t12-,15+,16+,17+/m0/s1. The van der Waals surface area contributed by atoms with Gasteiger partial charge in [0.15, 0.2) is 0 Å². The van der Waals surface area contributed by atoms with Gasteiger partial charge in [0.2, 0.25) is 0 Å². The van der Waals surface area contributed by atoms with Gasteiger partial charge in [0.25, 0.3) is 0 Å². The van der Waals surface area contributed by atoms with Crippen molar-refractivity contribution in [2.75, 3.05) is 0 Å². The third kappa shape index (κ3) is 1.41. The van der Waals surface area contributed by atoms with Crippen molar-refractivity contribution in [3.8, 4) is 0 Å². The van der Waals surface area contributed by atoms with Crippen molar-refractivity contribution in [3.63, 3.8) is 0 Å². The van der Waals surface area contributed by atoms with Crippen LogP contribution in [0, 0.1) is 27.6 Å². The molecular formula is C17H27O2-. The molecule has 0 N–H and O–H groups in total. The first-order valence-electron chi connectivity index (χ1n) is 7.87. The molecule has 3 aliphatic carbocycles. The van der Waals surface area contributed by atoms with Crippen molar-refractivity contribution in [3.05, 3.63) is 0 Å². The van der Waals surface area contributed by atoms with Gasteiger partial charge in [-0.3, -0.25) is 0 Å². The molecule has 3 aliphatic rings. The number of carboxylic acid groups (broad SMARTS) is 1. The fourth-order valence-corrected chi connectivity index (χ4v) is 7.15. The molecule has 0 aromatic carbocycles. The van der Waals surface area contributed by atoms with Crippen LogP contribution in [-0.4, -0.2) is 5.97 Å². The summed E-state index contributed by atoms with van der Waals surface area (Å²) in [6.45, 7) is 9.48. The molecule has 0 saturated heterocycles. The van der Waals surface area contributed by atoms with E-state index in [0.29, 0.717) is 5.92 Å². The summed E-state index contributed by atoms with van der Waals surface area (Å²) in [4.78, 5) is 11.5. The van der Waals surface area contributed by atoms with E-state index >= 15 is 0 Å². The van der Waals surface area contributed by atoms with Gasteiger partial charge in [-0.1, -0.05) is 34.1 Å². The molecule has 0 bridgehead atoms. The number of carbonyl (C=O) groups is 1. The third-order valence-electron chi connectivity index (χ3n) is 7.40. The van der Waals surface area contributed by atoms with Crippen LogP contribution in [0.1, 0.15) is 72.6 Å². The van der Waals surface area contributed by atoms with Gasteiger partial charge in [0, 0.05) is 5.97 Å². The summed E-state index contributed by atoms with van der Waals surface area (Å²) in [5.74, 6) is -0.267. The Morgan fingerprint density at radius 1 is 1.11 bits per heavy atom. The first-order valence-corrected chi connectivity index (χ1v) is 7.87. The Bertz CT molecular complexity index is 427. The molecule has 108 valence electrons. The summed E-state index contributed by atoms with van der Waals surface area (Å²) in [5.41, 5.74) is 0.691. The first kappa shape index (κ1) is 13.5. The van der Waals surface area contributed by atoms with E-state index in [4.69, 9.17) is 0 Å². The fraction of sp³-hybridized carbons (Fsp3) is 0.941. The molecule has 0 aromatic heterocycles. The van der Waals surface area contributed by atoms with Gasteiger partial charge < -0.3 is 9.90 Å². The zero-order chi connectivity index (χ0) is 14.1. The maximum absolute atomic E-state index is 11.5. The van der Waals surface area contributed by atoms with Crippen molar-refractivity contribution in [2.24, 2.45) is 27.6 Å². The molecule has 0 heterocycles. The zero-order valence-corrected chi connectivity index (χ0v) is 12.8. The highest BCUT2D eigenvalue weighted by atomic mass is 16.4. The van der Waals surface area contributed by atoms with Crippen molar-refractivity contribution in [1.29, 1.82) is 0 Å². The molecule has 2 nitrogen and oxygen atoms in total. The van der Waals surface area contributed by atoms with Crippen molar-refractivity contribution in [2.45, 2.75) is 72.6 Å². The second-order valence-electron chi connectivity index (χ2n) is 8.75. The lowest BCUT2D eigenvalue weighted by Crippen LogP contribution is -2.53. The fourth-order valence-electron chi connectivity index (χ4n) is 7.15. The second kappa shape index (κ2) is 3.56. The highest BCUT2D eigenvalue weighted by Gasteiger charge is 2.73. The number of carboxylic acids is 1. The lowest BCUT2D eigenvalue weighted by atomic mass is 9.46. The second-order valence-corrected chi connectivity index (χ2v) is 8.75. The van der Waals surface area contributed by atoms with Crippen LogP contribution in [0.3, 0.4) is 0 Å². The molecule has 0 aromatic rings. The Labute approximate surface area is 117 Å². The molecule has 0 amide bonds. The molecule has 0 spiro atoms. The molecule has 3 rings (SSSR count). The molecule has 3 saturated carbocycles. The van der Waals surface area contributed by atoms with Gasteiger partial charge >= 0.3 is 0 Å². The minimum absolute atomic E-state index is 0.0133. The first-order chi connectivity index (χ1) is 8.67. The van der Waals surface area contributed by atoms with E-state index < -0.39 is 5.97 Å². The summed E-state index contributed by atoms with van der Waals surface area (Å²) in [5, 5.41) is 11.5. The topological polar surface area (TPSA) is 40.1 Å². The highest BCUT2D eigenvalue weighted by Crippen LogP contribution is 2.80. The van der Waals surface area contributed by atoms with E-state index in [1.54, 1.807) is 0 Å². The Morgan fingerprint density at radius 2 is 1.74 bits per heavy atom. The Kier molecular flexibility index (Phi) is 2.52. The lowest BCUT2D eigenvalue weighted by molar-refractivity contribution is -0.312. The summed E-state index contributed by atoms with van der Waals surface area (Å²) in [6, 6.07) is 0. The van der Waals surface area contributed by atoms with Crippen molar-refractivity contribution < 1.29 is 9.90 Å². The van der Waals surface area contributed by atoms with Crippen LogP contribution in [-0.2, 0) is 4.79 Å². The lowest BCUT2D eigenvalue weighted by Gasteiger charge is -2.58. The van der Waals surface area contributed by atoms with Gasteiger partial charge in [-0.05, 0) is 66.1 Å². The molecular weight excluding hydrogens is 236 g/mol. The van der Waals surface area contributed by atoms with Gasteiger partial charge in [0.05, 0.1) is 0 Å². The van der Waals surface area contributed by atoms with E-state index in [1.807, 2.05) is 0 Å². The Morgan fingerprint density at radius 3 is 2.37 bits per heavy atom. The number of rotatable bonds is 2. The van der Waals surface area contributed by atoms with Crippen LogP contribution in [0.2, 0.25) is 0 Å². The minimum Gasteiger partial charge on any atom is -0.550 e. The van der Waals surface area contributed by atoms with Crippen LogP contribution >= 0.6 is 0 Å². The van der Waals surface area contributed by atoms with E-state index in [2.05, 4.69) is 27.7 Å². The molecule has 0 aliphatic heterocycles. The summed E-state index contributed by atoms with van der Waals surface area (Å²) in [6.07, 6.45) is 7.58. The summed E-state index contributed by atoms with van der Waals surface area (Å²) >= 11 is 0. The van der Waals surface area contributed by atoms with Gasteiger partial charge in [-0.15, -0.1) is 0 Å². The van der Waals surface area contributed by atoms with Gasteiger partial charge in [-0.2, -0.15) is 0 Å². The zero-order valence-electron chi connectivity index (χ0n) is 12.8. The van der Waals surface area contributed by atoms with E-state index in [0.717, 1.165) is 0 Å². The summed E-state index contributed by atoms with van der Waals surface area (Å²) in [7, 11) is 0. The number of carbonyl (C=O) groups excluding carboxylic acids is 1. The Hall–Kier alpha value is -0.530. The molecule has 4 atom stereocenters. The van der Waals surface area contributed by atoms with Crippen LogP contribution in [0.25, 0.3) is 0 Å². The van der Waals surface area contributed by atoms with E-state index in [-0.39, 0.29) is 28.1 Å². The number of hydrogen-bond acceptors (Lipinski definition) is 2. The smallest absolute Gasteiger partial charge is 0.0420 e. The predicted molar refractivity (Wildman–Crippen MR) is 73.2 cm³/mol. The van der Waals surface area contributed by atoms with Crippen molar-refractivity contribution in [1.82, 2.24) is 0 Å². The SMILES string of the molecule is CC1(C)C[C@@]2(C)CCC[C@]3(C)CC[C@@H]1[C@]32CC(=O)[O-]. The average Bonchev–Trinajstić information content (AvgIpc) is 2.61. The van der Waals surface area contributed by atoms with E-state index in [1.165, 1.54) is 38.5 Å². The maximum Gasteiger partial charge on any atom is 0.0420 e. The van der Waals surface area contributed by atoms with E-state index in [9.17, 15) is 9.90 Å². The molecule has 19 heavy (non-hydrogen) atoms. The largest absolute Gasteiger partial charge is 0.550 e. The third-order valence-corrected chi connectivity index (χ3v) is 7.40. The quantitative estimate of drug-likeness (QED) is 0.768. The molecule has 2 heteroatoms.